The van der Waals surface area contributed by atoms with Crippen LogP contribution in [0.3, 0.4) is 0 Å². The lowest BCUT2D eigenvalue weighted by Gasteiger charge is -2.37. The van der Waals surface area contributed by atoms with E-state index in [0.29, 0.717) is 0 Å². The SMILES string of the molecule is CN(C)C(C)(C)C(O)c1cnc2ccccc2c1. The molecular formula is C15H20N2O. The van der Waals surface area contributed by atoms with E-state index in [1.165, 1.54) is 0 Å². The Hall–Kier alpha value is -1.45. The number of para-hydroxylation sites is 1. The summed E-state index contributed by atoms with van der Waals surface area (Å²) >= 11 is 0. The summed E-state index contributed by atoms with van der Waals surface area (Å²) in [5.41, 5.74) is 1.48. The van der Waals surface area contributed by atoms with Gasteiger partial charge in [0.1, 0.15) is 0 Å². The number of aromatic nitrogens is 1. The molecule has 0 aliphatic heterocycles. The van der Waals surface area contributed by atoms with Crippen molar-refractivity contribution in [1.29, 1.82) is 0 Å². The van der Waals surface area contributed by atoms with Crippen LogP contribution in [0.1, 0.15) is 25.5 Å². The van der Waals surface area contributed by atoms with Gasteiger partial charge in [-0.05, 0) is 40.1 Å². The average molecular weight is 244 g/mol. The molecule has 0 radical (unpaired) electrons. The first-order chi connectivity index (χ1) is 8.43. The van der Waals surface area contributed by atoms with Crippen LogP contribution >= 0.6 is 0 Å². The zero-order valence-electron chi connectivity index (χ0n) is 11.4. The summed E-state index contributed by atoms with van der Waals surface area (Å²) in [7, 11) is 3.94. The summed E-state index contributed by atoms with van der Waals surface area (Å²) < 4.78 is 0. The fraction of sp³-hybridized carbons (Fsp3) is 0.400. The van der Waals surface area contributed by atoms with E-state index in [9.17, 15) is 5.11 Å². The van der Waals surface area contributed by atoms with Gasteiger partial charge in [0.2, 0.25) is 0 Å². The molecule has 0 amide bonds. The van der Waals surface area contributed by atoms with Crippen LogP contribution in [0.2, 0.25) is 0 Å². The molecule has 0 spiro atoms. The number of pyridine rings is 1. The van der Waals surface area contributed by atoms with Crippen LogP contribution in [0.4, 0.5) is 0 Å². The Kier molecular flexibility index (Phi) is 3.37. The number of benzene rings is 1. The molecule has 0 saturated carbocycles. The summed E-state index contributed by atoms with van der Waals surface area (Å²) in [6.45, 7) is 4.04. The largest absolute Gasteiger partial charge is 0.386 e. The minimum absolute atomic E-state index is 0.329. The fourth-order valence-electron chi connectivity index (χ4n) is 1.89. The van der Waals surface area contributed by atoms with Crippen molar-refractivity contribution in [3.8, 4) is 0 Å². The highest BCUT2D eigenvalue weighted by atomic mass is 16.3. The van der Waals surface area contributed by atoms with Crippen LogP contribution in [0.15, 0.2) is 36.5 Å². The molecule has 1 heterocycles. The molecule has 0 saturated heterocycles. The predicted octanol–water partition coefficient (Wildman–Crippen LogP) is 2.61. The summed E-state index contributed by atoms with van der Waals surface area (Å²) in [6, 6.07) is 9.95. The maximum Gasteiger partial charge on any atom is 0.0983 e. The van der Waals surface area contributed by atoms with Crippen molar-refractivity contribution in [2.24, 2.45) is 0 Å². The smallest absolute Gasteiger partial charge is 0.0983 e. The second kappa shape index (κ2) is 4.67. The first kappa shape index (κ1) is 13.0. The van der Waals surface area contributed by atoms with Gasteiger partial charge in [0, 0.05) is 22.7 Å². The first-order valence-corrected chi connectivity index (χ1v) is 6.13. The zero-order valence-corrected chi connectivity index (χ0v) is 11.4. The monoisotopic (exact) mass is 244 g/mol. The lowest BCUT2D eigenvalue weighted by Crippen LogP contribution is -2.43. The summed E-state index contributed by atoms with van der Waals surface area (Å²) in [5, 5.41) is 11.6. The van der Waals surface area contributed by atoms with Gasteiger partial charge in [0.05, 0.1) is 11.6 Å². The first-order valence-electron chi connectivity index (χ1n) is 6.13. The number of aliphatic hydroxyl groups excluding tert-OH is 1. The number of nitrogens with zero attached hydrogens (tertiary/aromatic N) is 2. The third-order valence-electron chi connectivity index (χ3n) is 3.75. The third-order valence-corrected chi connectivity index (χ3v) is 3.75. The molecule has 1 unspecified atom stereocenters. The normalized spacial score (nSPS) is 14.1. The molecule has 2 rings (SSSR count). The highest BCUT2D eigenvalue weighted by molar-refractivity contribution is 5.78. The van der Waals surface area contributed by atoms with Gasteiger partial charge in [-0.2, -0.15) is 0 Å². The van der Waals surface area contributed by atoms with Gasteiger partial charge in [-0.3, -0.25) is 4.98 Å². The molecule has 1 aromatic heterocycles. The number of likely N-dealkylation sites (N-methyl/N-ethyl adjacent to an activating group) is 1. The van der Waals surface area contributed by atoms with Gasteiger partial charge >= 0.3 is 0 Å². The topological polar surface area (TPSA) is 36.4 Å². The molecule has 3 heteroatoms. The Morgan fingerprint density at radius 1 is 1.22 bits per heavy atom. The average Bonchev–Trinajstić information content (AvgIpc) is 2.37. The second-order valence-electron chi connectivity index (χ2n) is 5.41. The fourth-order valence-corrected chi connectivity index (χ4v) is 1.89. The Morgan fingerprint density at radius 3 is 2.56 bits per heavy atom. The highest BCUT2D eigenvalue weighted by Gasteiger charge is 2.31. The molecule has 0 fully saturated rings. The van der Waals surface area contributed by atoms with Gasteiger partial charge in [0.25, 0.3) is 0 Å². The molecule has 96 valence electrons. The van der Waals surface area contributed by atoms with Crippen LogP contribution in [0, 0.1) is 0 Å². The van der Waals surface area contributed by atoms with Gasteiger partial charge in [-0.1, -0.05) is 18.2 Å². The molecule has 1 N–H and O–H groups in total. The number of aliphatic hydroxyl groups is 1. The molecule has 1 atom stereocenters. The standard InChI is InChI=1S/C15H20N2O/c1-15(2,17(3)4)14(18)12-9-11-7-5-6-8-13(11)16-10-12/h5-10,14,18H,1-4H3. The highest BCUT2D eigenvalue weighted by Crippen LogP contribution is 2.30. The minimum Gasteiger partial charge on any atom is -0.386 e. The van der Waals surface area contributed by atoms with Gasteiger partial charge in [-0.15, -0.1) is 0 Å². The van der Waals surface area contributed by atoms with Crippen molar-refractivity contribution in [2.75, 3.05) is 14.1 Å². The molecule has 0 aliphatic rings. The van der Waals surface area contributed by atoms with Gasteiger partial charge in [0.15, 0.2) is 0 Å². The molecule has 0 bridgehead atoms. The van der Waals surface area contributed by atoms with E-state index >= 15 is 0 Å². The number of fused-ring (bicyclic) bond motifs is 1. The predicted molar refractivity (Wildman–Crippen MR) is 74.5 cm³/mol. The number of hydrogen-bond donors (Lipinski definition) is 1. The van der Waals surface area contributed by atoms with E-state index in [0.717, 1.165) is 16.5 Å². The van der Waals surface area contributed by atoms with Crippen molar-refractivity contribution >= 4 is 10.9 Å². The summed E-state index contributed by atoms with van der Waals surface area (Å²) in [5.74, 6) is 0. The summed E-state index contributed by atoms with van der Waals surface area (Å²) in [4.78, 5) is 6.42. The Balaban J connectivity index is 2.42. The van der Waals surface area contributed by atoms with E-state index in [-0.39, 0.29) is 5.54 Å². The van der Waals surface area contributed by atoms with Crippen LogP contribution in [0.5, 0.6) is 0 Å². The third kappa shape index (κ3) is 2.24. The van der Waals surface area contributed by atoms with Crippen molar-refractivity contribution in [1.82, 2.24) is 9.88 Å². The van der Waals surface area contributed by atoms with E-state index < -0.39 is 6.10 Å². The number of rotatable bonds is 3. The second-order valence-corrected chi connectivity index (χ2v) is 5.41. The molecular weight excluding hydrogens is 224 g/mol. The molecule has 3 nitrogen and oxygen atoms in total. The van der Waals surface area contributed by atoms with Crippen molar-refractivity contribution in [3.05, 3.63) is 42.1 Å². The number of hydrogen-bond acceptors (Lipinski definition) is 3. The van der Waals surface area contributed by atoms with E-state index in [1.807, 2.05) is 63.2 Å². The molecule has 1 aromatic carbocycles. The Bertz CT molecular complexity index is 549. The van der Waals surface area contributed by atoms with E-state index in [4.69, 9.17) is 0 Å². The van der Waals surface area contributed by atoms with Gasteiger partial charge < -0.3 is 10.0 Å². The lowest BCUT2D eigenvalue weighted by molar-refractivity contribution is 0.0163. The van der Waals surface area contributed by atoms with E-state index in [1.54, 1.807) is 6.20 Å². The van der Waals surface area contributed by atoms with Crippen molar-refractivity contribution < 1.29 is 5.11 Å². The maximum atomic E-state index is 10.5. The molecule has 2 aromatic rings. The zero-order chi connectivity index (χ0) is 13.3. The molecule has 0 aliphatic carbocycles. The van der Waals surface area contributed by atoms with Crippen LogP contribution in [-0.4, -0.2) is 34.6 Å². The van der Waals surface area contributed by atoms with Crippen molar-refractivity contribution in [2.45, 2.75) is 25.5 Å². The van der Waals surface area contributed by atoms with Crippen LogP contribution in [-0.2, 0) is 0 Å². The Labute approximate surface area is 108 Å². The van der Waals surface area contributed by atoms with E-state index in [2.05, 4.69) is 4.98 Å². The summed E-state index contributed by atoms with van der Waals surface area (Å²) in [6.07, 6.45) is 1.20. The van der Waals surface area contributed by atoms with Gasteiger partial charge in [-0.25, -0.2) is 0 Å². The molecule has 18 heavy (non-hydrogen) atoms. The van der Waals surface area contributed by atoms with Crippen LogP contribution in [0.25, 0.3) is 10.9 Å². The van der Waals surface area contributed by atoms with Crippen molar-refractivity contribution in [3.63, 3.8) is 0 Å². The minimum atomic E-state index is -0.565. The van der Waals surface area contributed by atoms with Crippen LogP contribution < -0.4 is 0 Å². The Morgan fingerprint density at radius 2 is 1.89 bits per heavy atom. The maximum absolute atomic E-state index is 10.5. The lowest BCUT2D eigenvalue weighted by atomic mass is 9.90. The quantitative estimate of drug-likeness (QED) is 0.901.